The first-order valence-electron chi connectivity index (χ1n) is 7.65. The second kappa shape index (κ2) is 7.53. The highest BCUT2D eigenvalue weighted by atomic mass is 16.5. The fraction of sp³-hybridized carbons (Fsp3) is 0.158. The van der Waals surface area contributed by atoms with Crippen LogP contribution in [0.1, 0.15) is 0 Å². The van der Waals surface area contributed by atoms with E-state index in [0.717, 1.165) is 16.9 Å². The maximum Gasteiger partial charge on any atom is 0.258 e. The molecule has 0 bridgehead atoms. The lowest BCUT2D eigenvalue weighted by Crippen LogP contribution is -1.92. The highest BCUT2D eigenvalue weighted by molar-refractivity contribution is 5.63. The highest BCUT2D eigenvalue weighted by Gasteiger charge is 2.13. The molecule has 0 N–H and O–H groups in total. The molecular weight excluding hydrogens is 320 g/mol. The Hall–Kier alpha value is -3.28. The third kappa shape index (κ3) is 3.63. The number of benzene rings is 2. The maximum absolute atomic E-state index is 5.46. The van der Waals surface area contributed by atoms with Crippen molar-refractivity contribution >= 4 is 0 Å². The summed E-state index contributed by atoms with van der Waals surface area (Å²) in [5.41, 5.74) is 1.59. The average molecular weight is 338 g/mol. The van der Waals surface area contributed by atoms with Crippen LogP contribution in [-0.2, 0) is 0 Å². The summed E-state index contributed by atoms with van der Waals surface area (Å²) < 4.78 is 21.4. The van der Waals surface area contributed by atoms with Crippen LogP contribution in [0, 0.1) is 0 Å². The van der Waals surface area contributed by atoms with E-state index in [-0.39, 0.29) is 0 Å². The lowest BCUT2D eigenvalue weighted by molar-refractivity contribution is 0.355. The van der Waals surface area contributed by atoms with Gasteiger partial charge in [0, 0.05) is 11.1 Å². The minimum atomic E-state index is 0.431. The fourth-order valence-electron chi connectivity index (χ4n) is 2.28. The third-order valence-electron chi connectivity index (χ3n) is 3.54. The molecule has 0 fully saturated rings. The molecule has 0 saturated heterocycles. The molecule has 3 aromatic rings. The Bertz CT molecular complexity index is 856. The van der Waals surface area contributed by atoms with E-state index in [1.54, 1.807) is 32.4 Å². The van der Waals surface area contributed by atoms with Crippen LogP contribution in [0.5, 0.6) is 17.2 Å². The Morgan fingerprint density at radius 1 is 1.00 bits per heavy atom. The van der Waals surface area contributed by atoms with Crippen molar-refractivity contribution in [3.05, 3.63) is 55.1 Å². The first-order valence-corrected chi connectivity index (χ1v) is 7.65. The molecule has 0 spiro atoms. The van der Waals surface area contributed by atoms with Crippen molar-refractivity contribution in [2.45, 2.75) is 0 Å². The zero-order chi connectivity index (χ0) is 17.6. The molecular formula is C19H18N2O4. The minimum Gasteiger partial charge on any atom is -0.493 e. The van der Waals surface area contributed by atoms with Crippen LogP contribution in [0.4, 0.5) is 0 Å². The summed E-state index contributed by atoms with van der Waals surface area (Å²) in [5.74, 6) is 2.91. The number of hydrogen-bond donors (Lipinski definition) is 0. The minimum absolute atomic E-state index is 0.431. The Morgan fingerprint density at radius 3 is 2.40 bits per heavy atom. The van der Waals surface area contributed by atoms with Crippen molar-refractivity contribution in [3.8, 4) is 40.1 Å². The molecule has 0 atom stereocenters. The first-order chi connectivity index (χ1) is 12.2. The van der Waals surface area contributed by atoms with Gasteiger partial charge in [0.1, 0.15) is 12.4 Å². The van der Waals surface area contributed by atoms with Gasteiger partial charge in [0.25, 0.3) is 5.89 Å². The van der Waals surface area contributed by atoms with Crippen LogP contribution >= 0.6 is 0 Å². The number of nitrogens with zero attached hydrogens (tertiary/aromatic N) is 2. The predicted molar refractivity (Wildman–Crippen MR) is 94.0 cm³/mol. The van der Waals surface area contributed by atoms with Gasteiger partial charge in [0.05, 0.1) is 14.2 Å². The average Bonchev–Trinajstić information content (AvgIpc) is 3.16. The molecule has 1 aromatic heterocycles. The van der Waals surface area contributed by atoms with Crippen LogP contribution in [0.2, 0.25) is 0 Å². The van der Waals surface area contributed by atoms with Gasteiger partial charge in [-0.15, -0.1) is 0 Å². The zero-order valence-corrected chi connectivity index (χ0v) is 14.1. The van der Waals surface area contributed by atoms with E-state index in [0.29, 0.717) is 29.8 Å². The quantitative estimate of drug-likeness (QED) is 0.607. The Morgan fingerprint density at radius 2 is 1.72 bits per heavy atom. The van der Waals surface area contributed by atoms with E-state index in [1.807, 2.05) is 30.3 Å². The molecule has 0 amide bonds. The Balaban J connectivity index is 1.83. The molecule has 25 heavy (non-hydrogen) atoms. The second-order valence-corrected chi connectivity index (χ2v) is 5.12. The molecule has 6 heteroatoms. The third-order valence-corrected chi connectivity index (χ3v) is 3.54. The van der Waals surface area contributed by atoms with E-state index in [9.17, 15) is 0 Å². The summed E-state index contributed by atoms with van der Waals surface area (Å²) in [6.07, 6.45) is 1.70. The monoisotopic (exact) mass is 338 g/mol. The van der Waals surface area contributed by atoms with Gasteiger partial charge in [-0.3, -0.25) is 0 Å². The van der Waals surface area contributed by atoms with Crippen molar-refractivity contribution < 1.29 is 18.7 Å². The molecule has 0 aliphatic rings. The molecule has 0 aliphatic carbocycles. The summed E-state index contributed by atoms with van der Waals surface area (Å²) in [6, 6.07) is 12.9. The standard InChI is InChI=1S/C19H18N2O4/c1-4-11-24-15-8-5-13(6-9-15)19-20-18(21-25-19)14-7-10-16(22-2)17(12-14)23-3/h4-10,12H,1,11H2,2-3H3. The Kier molecular flexibility index (Phi) is 4.99. The van der Waals surface area contributed by atoms with E-state index < -0.39 is 0 Å². The van der Waals surface area contributed by atoms with Crippen molar-refractivity contribution in [1.82, 2.24) is 10.1 Å². The Labute approximate surface area is 145 Å². The molecule has 2 aromatic carbocycles. The van der Waals surface area contributed by atoms with E-state index in [1.165, 1.54) is 0 Å². The molecule has 3 rings (SSSR count). The molecule has 0 unspecified atom stereocenters. The normalized spacial score (nSPS) is 10.3. The summed E-state index contributed by atoms with van der Waals surface area (Å²) in [7, 11) is 3.17. The van der Waals surface area contributed by atoms with Gasteiger partial charge in [-0.1, -0.05) is 17.8 Å². The SMILES string of the molecule is C=CCOc1ccc(-c2nc(-c3ccc(OC)c(OC)c3)no2)cc1. The molecule has 1 heterocycles. The van der Waals surface area contributed by atoms with Crippen molar-refractivity contribution in [2.75, 3.05) is 20.8 Å². The zero-order valence-electron chi connectivity index (χ0n) is 14.1. The summed E-state index contributed by atoms with van der Waals surface area (Å²) in [6.45, 7) is 4.08. The summed E-state index contributed by atoms with van der Waals surface area (Å²) >= 11 is 0. The second-order valence-electron chi connectivity index (χ2n) is 5.12. The lowest BCUT2D eigenvalue weighted by atomic mass is 10.2. The molecule has 0 saturated carbocycles. The number of rotatable bonds is 7. The van der Waals surface area contributed by atoms with Crippen molar-refractivity contribution in [3.63, 3.8) is 0 Å². The van der Waals surface area contributed by atoms with Crippen LogP contribution in [0.15, 0.2) is 59.6 Å². The van der Waals surface area contributed by atoms with Crippen LogP contribution in [0.3, 0.4) is 0 Å². The predicted octanol–water partition coefficient (Wildman–Crippen LogP) is 3.99. The van der Waals surface area contributed by atoms with Gasteiger partial charge >= 0.3 is 0 Å². The van der Waals surface area contributed by atoms with Gasteiger partial charge in [0.15, 0.2) is 11.5 Å². The van der Waals surface area contributed by atoms with Gasteiger partial charge < -0.3 is 18.7 Å². The van der Waals surface area contributed by atoms with Crippen molar-refractivity contribution in [2.24, 2.45) is 0 Å². The van der Waals surface area contributed by atoms with E-state index in [2.05, 4.69) is 16.7 Å². The molecule has 0 aliphatic heterocycles. The highest BCUT2D eigenvalue weighted by Crippen LogP contribution is 2.32. The number of ether oxygens (including phenoxy) is 3. The van der Waals surface area contributed by atoms with Crippen LogP contribution in [0.25, 0.3) is 22.8 Å². The largest absolute Gasteiger partial charge is 0.493 e. The summed E-state index contributed by atoms with van der Waals surface area (Å²) in [4.78, 5) is 4.44. The van der Waals surface area contributed by atoms with Crippen molar-refractivity contribution in [1.29, 1.82) is 0 Å². The molecule has 6 nitrogen and oxygen atoms in total. The van der Waals surface area contributed by atoms with Crippen LogP contribution < -0.4 is 14.2 Å². The topological polar surface area (TPSA) is 66.6 Å². The number of methoxy groups -OCH3 is 2. The smallest absolute Gasteiger partial charge is 0.258 e. The van der Waals surface area contributed by atoms with Gasteiger partial charge in [-0.05, 0) is 42.5 Å². The maximum atomic E-state index is 5.46. The fourth-order valence-corrected chi connectivity index (χ4v) is 2.28. The molecule has 0 radical (unpaired) electrons. The van der Waals surface area contributed by atoms with Crippen LogP contribution in [-0.4, -0.2) is 31.0 Å². The lowest BCUT2D eigenvalue weighted by Gasteiger charge is -2.07. The summed E-state index contributed by atoms with van der Waals surface area (Å²) in [5, 5.41) is 4.04. The van der Waals surface area contributed by atoms with E-state index in [4.69, 9.17) is 18.7 Å². The number of hydrogen-bond acceptors (Lipinski definition) is 6. The first kappa shape index (κ1) is 16.6. The van der Waals surface area contributed by atoms with E-state index >= 15 is 0 Å². The van der Waals surface area contributed by atoms with Gasteiger partial charge in [-0.2, -0.15) is 4.98 Å². The van der Waals surface area contributed by atoms with Gasteiger partial charge in [0.2, 0.25) is 5.82 Å². The number of aromatic nitrogens is 2. The molecule has 128 valence electrons. The van der Waals surface area contributed by atoms with Gasteiger partial charge in [-0.25, -0.2) is 0 Å².